The summed E-state index contributed by atoms with van der Waals surface area (Å²) in [5.41, 5.74) is 10.3. The van der Waals surface area contributed by atoms with Crippen LogP contribution in [0, 0.1) is 12.8 Å². The highest BCUT2D eigenvalue weighted by Crippen LogP contribution is 2.44. The van der Waals surface area contributed by atoms with Gasteiger partial charge in [0.15, 0.2) is 5.79 Å². The molecule has 2 aromatic carbocycles. The van der Waals surface area contributed by atoms with Crippen LogP contribution >= 0.6 is 11.3 Å². The second kappa shape index (κ2) is 9.77. The van der Waals surface area contributed by atoms with E-state index in [0.29, 0.717) is 30.4 Å². The fourth-order valence-corrected chi connectivity index (χ4v) is 6.52. The minimum Gasteiger partial charge on any atom is -0.399 e. The molecule has 38 heavy (non-hydrogen) atoms. The maximum atomic E-state index is 10.1. The van der Waals surface area contributed by atoms with Crippen LogP contribution in [-0.4, -0.2) is 50.7 Å². The number of thiazole rings is 1. The van der Waals surface area contributed by atoms with Crippen LogP contribution in [0.3, 0.4) is 0 Å². The number of aliphatic hydroxyl groups is 1. The van der Waals surface area contributed by atoms with Crippen molar-refractivity contribution in [3.8, 4) is 10.6 Å². The number of ether oxygens (including phenoxy) is 2. The van der Waals surface area contributed by atoms with Gasteiger partial charge in [0.25, 0.3) is 0 Å². The summed E-state index contributed by atoms with van der Waals surface area (Å²) in [7, 11) is 0. The van der Waals surface area contributed by atoms with E-state index >= 15 is 0 Å². The second-order valence-corrected chi connectivity index (χ2v) is 11.5. The number of fused-ring (bicyclic) bond motifs is 2. The van der Waals surface area contributed by atoms with Crippen molar-refractivity contribution in [2.75, 3.05) is 23.0 Å². The van der Waals surface area contributed by atoms with E-state index < -0.39 is 5.79 Å². The van der Waals surface area contributed by atoms with Crippen LogP contribution in [0.2, 0.25) is 0 Å². The third kappa shape index (κ3) is 4.80. The number of hydrogen-bond acceptors (Lipinski definition) is 10. The van der Waals surface area contributed by atoms with Crippen LogP contribution in [0.1, 0.15) is 31.5 Å². The molecular weight excluding hydrogens is 500 g/mol. The van der Waals surface area contributed by atoms with Crippen molar-refractivity contribution >= 4 is 39.0 Å². The Kier molecular flexibility index (Phi) is 6.43. The first-order valence-electron chi connectivity index (χ1n) is 12.9. The largest absolute Gasteiger partial charge is 0.399 e. The standard InChI is InChI=1S/C28H32N6O3S/c1-15-22(26-33-19-9-4-5-10-21(19)38-26)25(34-27(31-15)30-13-16-7-6-8-18(29)11-16)32-20-12-17(14-35)23-24(20)37-28(2,3)36-23/h4-11,17,20,23-24,35H,12-14,29H2,1-3H3,(H2,30,31,32,34)/t17-,20-,23-,24+/m1/s1. The number of nitrogens with two attached hydrogens (primary N) is 1. The number of benzene rings is 2. The molecule has 1 saturated carbocycles. The summed E-state index contributed by atoms with van der Waals surface area (Å²) in [4.78, 5) is 14.6. The van der Waals surface area contributed by atoms with Gasteiger partial charge < -0.3 is 30.9 Å². The van der Waals surface area contributed by atoms with E-state index in [2.05, 4.69) is 16.7 Å². The maximum absolute atomic E-state index is 10.1. The first-order valence-corrected chi connectivity index (χ1v) is 13.7. The van der Waals surface area contributed by atoms with Crippen molar-refractivity contribution in [1.82, 2.24) is 15.0 Å². The number of nitrogen functional groups attached to an aromatic ring is 1. The first-order chi connectivity index (χ1) is 18.3. The normalized spacial score (nSPS) is 24.0. The Morgan fingerprint density at radius 1 is 1.08 bits per heavy atom. The van der Waals surface area contributed by atoms with Crippen molar-refractivity contribution in [2.24, 2.45) is 5.92 Å². The number of aliphatic hydroxyl groups excluding tert-OH is 1. The van der Waals surface area contributed by atoms with Gasteiger partial charge in [-0.2, -0.15) is 4.98 Å². The fraction of sp³-hybridized carbons (Fsp3) is 0.393. The molecular formula is C28H32N6O3S. The zero-order valence-electron chi connectivity index (χ0n) is 21.6. The number of para-hydroxylation sites is 1. The topological polar surface area (TPSA) is 127 Å². The SMILES string of the molecule is Cc1nc(NCc2cccc(N)c2)nc(N[C@@H]2C[C@H](CO)[C@H]3OC(C)(C)O[C@H]32)c1-c1nc2ccccc2s1. The van der Waals surface area contributed by atoms with E-state index in [1.54, 1.807) is 11.3 Å². The molecule has 1 aliphatic carbocycles. The Labute approximate surface area is 225 Å². The zero-order chi connectivity index (χ0) is 26.4. The molecule has 9 nitrogen and oxygen atoms in total. The van der Waals surface area contributed by atoms with Gasteiger partial charge in [-0.3, -0.25) is 0 Å². The van der Waals surface area contributed by atoms with Gasteiger partial charge in [-0.15, -0.1) is 11.3 Å². The Morgan fingerprint density at radius 3 is 2.68 bits per heavy atom. The Bertz CT molecular complexity index is 1440. The van der Waals surface area contributed by atoms with Crippen LogP contribution in [0.15, 0.2) is 48.5 Å². The molecule has 2 fully saturated rings. The highest BCUT2D eigenvalue weighted by Gasteiger charge is 2.54. The van der Waals surface area contributed by atoms with E-state index in [0.717, 1.165) is 32.0 Å². The predicted octanol–water partition coefficient (Wildman–Crippen LogP) is 4.57. The van der Waals surface area contributed by atoms with Crippen molar-refractivity contribution in [2.45, 2.75) is 57.8 Å². The zero-order valence-corrected chi connectivity index (χ0v) is 22.5. The molecule has 10 heteroatoms. The number of aryl methyl sites for hydroxylation is 1. The summed E-state index contributed by atoms with van der Waals surface area (Å²) in [5, 5.41) is 17.9. The molecule has 3 heterocycles. The molecule has 198 valence electrons. The summed E-state index contributed by atoms with van der Waals surface area (Å²) in [5.74, 6) is 0.469. The van der Waals surface area contributed by atoms with Crippen LogP contribution < -0.4 is 16.4 Å². The molecule has 0 unspecified atom stereocenters. The van der Waals surface area contributed by atoms with Gasteiger partial charge in [0.1, 0.15) is 16.9 Å². The third-order valence-corrected chi connectivity index (χ3v) is 8.19. The summed E-state index contributed by atoms with van der Waals surface area (Å²) in [6.45, 7) is 6.38. The van der Waals surface area contributed by atoms with E-state index in [1.807, 2.05) is 63.2 Å². The summed E-state index contributed by atoms with van der Waals surface area (Å²) in [6.07, 6.45) is 0.322. The number of aromatic nitrogens is 3. The monoisotopic (exact) mass is 532 g/mol. The molecule has 0 amide bonds. The molecule has 5 N–H and O–H groups in total. The van der Waals surface area contributed by atoms with Gasteiger partial charge in [0.2, 0.25) is 5.95 Å². The quantitative estimate of drug-likeness (QED) is 0.253. The fourth-order valence-electron chi connectivity index (χ4n) is 5.46. The van der Waals surface area contributed by atoms with Crippen LogP contribution in [-0.2, 0) is 16.0 Å². The molecule has 0 spiro atoms. The van der Waals surface area contributed by atoms with E-state index in [9.17, 15) is 5.11 Å². The Hall–Kier alpha value is -3.31. The number of hydrogen-bond donors (Lipinski definition) is 4. The van der Waals surface area contributed by atoms with E-state index in [-0.39, 0.29) is 30.8 Å². The molecule has 6 rings (SSSR count). The van der Waals surface area contributed by atoms with Gasteiger partial charge in [-0.1, -0.05) is 24.3 Å². The molecule has 1 saturated heterocycles. The third-order valence-electron chi connectivity index (χ3n) is 7.14. The maximum Gasteiger partial charge on any atom is 0.225 e. The number of nitrogens with one attached hydrogen (secondary N) is 2. The van der Waals surface area contributed by atoms with Crippen LogP contribution in [0.25, 0.3) is 20.8 Å². The molecule has 0 radical (unpaired) electrons. The average Bonchev–Trinajstić information content (AvgIpc) is 3.53. The predicted molar refractivity (Wildman–Crippen MR) is 150 cm³/mol. The van der Waals surface area contributed by atoms with Crippen molar-refractivity contribution in [3.63, 3.8) is 0 Å². The van der Waals surface area contributed by atoms with Gasteiger partial charge >= 0.3 is 0 Å². The van der Waals surface area contributed by atoms with Crippen molar-refractivity contribution in [3.05, 3.63) is 59.8 Å². The smallest absolute Gasteiger partial charge is 0.225 e. The minimum atomic E-state index is -0.704. The van der Waals surface area contributed by atoms with Gasteiger partial charge in [0.05, 0.1) is 33.6 Å². The second-order valence-electron chi connectivity index (χ2n) is 10.4. The molecule has 4 atom stereocenters. The first kappa shape index (κ1) is 25.0. The van der Waals surface area contributed by atoms with Crippen LogP contribution in [0.4, 0.5) is 17.5 Å². The Morgan fingerprint density at radius 2 is 1.89 bits per heavy atom. The lowest BCUT2D eigenvalue weighted by Gasteiger charge is -2.25. The van der Waals surface area contributed by atoms with E-state index in [1.165, 1.54) is 0 Å². The van der Waals surface area contributed by atoms with Crippen LogP contribution in [0.5, 0.6) is 0 Å². The lowest BCUT2D eigenvalue weighted by molar-refractivity contribution is -0.158. The number of nitrogens with zero attached hydrogens (tertiary/aromatic N) is 3. The summed E-state index contributed by atoms with van der Waals surface area (Å²) >= 11 is 1.62. The molecule has 4 aromatic rings. The van der Waals surface area contributed by atoms with Gasteiger partial charge in [0, 0.05) is 24.8 Å². The lowest BCUT2D eigenvalue weighted by Crippen LogP contribution is -2.35. The number of rotatable bonds is 7. The lowest BCUT2D eigenvalue weighted by atomic mass is 10.1. The highest BCUT2D eigenvalue weighted by molar-refractivity contribution is 7.21. The molecule has 0 bridgehead atoms. The Balaban J connectivity index is 1.36. The van der Waals surface area contributed by atoms with Crippen molar-refractivity contribution < 1.29 is 14.6 Å². The molecule has 1 aliphatic heterocycles. The minimum absolute atomic E-state index is 0.0192. The number of anilines is 3. The summed E-state index contributed by atoms with van der Waals surface area (Å²) < 4.78 is 13.5. The van der Waals surface area contributed by atoms with Gasteiger partial charge in [-0.05, 0) is 57.0 Å². The molecule has 2 aliphatic rings. The van der Waals surface area contributed by atoms with Crippen molar-refractivity contribution in [1.29, 1.82) is 0 Å². The van der Waals surface area contributed by atoms with Gasteiger partial charge in [-0.25, -0.2) is 9.97 Å². The molecule has 2 aromatic heterocycles. The average molecular weight is 533 g/mol. The summed E-state index contributed by atoms with van der Waals surface area (Å²) in [6, 6.07) is 15.7. The van der Waals surface area contributed by atoms with E-state index in [4.69, 9.17) is 30.2 Å². The highest BCUT2D eigenvalue weighted by atomic mass is 32.1.